The Bertz CT molecular complexity index is 1220. The van der Waals surface area contributed by atoms with Crippen molar-refractivity contribution in [3.05, 3.63) is 58.3 Å². The molecular weight excluding hydrogens is 609 g/mol. The van der Waals surface area contributed by atoms with Crippen LogP contribution in [0.4, 0.5) is 4.39 Å². The van der Waals surface area contributed by atoms with Gasteiger partial charge in [-0.1, -0.05) is 24.3 Å². The zero-order valence-electron chi connectivity index (χ0n) is 25.0. The van der Waals surface area contributed by atoms with Crippen LogP contribution in [-0.2, 0) is 30.3 Å². The number of allylic oxidation sites excluding steroid dienone is 1. The number of aliphatic hydroxyl groups excluding tert-OH is 1. The predicted octanol–water partition coefficient (Wildman–Crippen LogP) is 2.19. The standard InChI is InChI=1S/C28H35FN4O4S2.CH3NO.CH4O/c1-38-20-6-7-22(23(29)12-20)18-4-2-17(3-5-18)10-25(34)33-16-28(36-8-9-37-28)13-24(33)27(35)32-14-21-11-19(15-39-21)26(30)31;2-1-3;1-2/h2-5,12,15,20-22,24H,6-11,13-14,16H2,1H3,(H3,30,31)(H,32,35);1H,(H2,2,3);2H,1H3. The van der Waals surface area contributed by atoms with Crippen molar-refractivity contribution in [2.75, 3.05) is 39.7 Å². The zero-order valence-corrected chi connectivity index (χ0v) is 26.6. The average molecular weight is 652 g/mol. The van der Waals surface area contributed by atoms with E-state index in [4.69, 9.17) is 30.5 Å². The second-order valence-electron chi connectivity index (χ2n) is 10.6. The van der Waals surface area contributed by atoms with Gasteiger partial charge in [-0.15, -0.1) is 11.8 Å². The first-order valence-electron chi connectivity index (χ1n) is 14.3. The Labute approximate surface area is 265 Å². The topological polar surface area (TPSA) is 181 Å². The zero-order chi connectivity index (χ0) is 32.3. The van der Waals surface area contributed by atoms with Crippen LogP contribution in [0.5, 0.6) is 0 Å². The molecule has 0 bridgehead atoms. The summed E-state index contributed by atoms with van der Waals surface area (Å²) in [7, 11) is 1.00. The van der Waals surface area contributed by atoms with Gasteiger partial charge in [-0.2, -0.15) is 11.8 Å². The van der Waals surface area contributed by atoms with Crippen LogP contribution in [0.1, 0.15) is 42.7 Å². The monoisotopic (exact) mass is 651 g/mol. The number of likely N-dealkylation sites (tertiary alicyclic amines) is 1. The fraction of sp³-hybridized carbons (Fsp3) is 0.533. The number of aliphatic hydroxyl groups is 1. The summed E-state index contributed by atoms with van der Waals surface area (Å²) >= 11 is 3.21. The minimum absolute atomic E-state index is 0.0546. The number of primary amides is 1. The van der Waals surface area contributed by atoms with Crippen LogP contribution in [0.3, 0.4) is 0 Å². The van der Waals surface area contributed by atoms with Crippen molar-refractivity contribution in [3.63, 3.8) is 0 Å². The lowest BCUT2D eigenvalue weighted by molar-refractivity contribution is -0.152. The van der Waals surface area contributed by atoms with Crippen molar-refractivity contribution in [3.8, 4) is 0 Å². The Morgan fingerprint density at radius 2 is 1.91 bits per heavy atom. The van der Waals surface area contributed by atoms with Crippen molar-refractivity contribution >= 4 is 47.6 Å². The summed E-state index contributed by atoms with van der Waals surface area (Å²) in [6.07, 6.45) is 6.71. The van der Waals surface area contributed by atoms with E-state index in [-0.39, 0.29) is 65.7 Å². The fourth-order valence-corrected chi connectivity index (χ4v) is 7.36. The molecule has 44 heavy (non-hydrogen) atoms. The van der Waals surface area contributed by atoms with Gasteiger partial charge < -0.3 is 36.3 Å². The van der Waals surface area contributed by atoms with Gasteiger partial charge in [-0.25, -0.2) is 4.39 Å². The SMILES string of the molecule is CO.CSC1C=C(F)C(c2ccc(CC(=O)N3CC4(CC3C(=O)NCC3CC(C(=N)N)=CS3)OCCO4)cc2)CC1.NC=O. The number of nitrogens with one attached hydrogen (secondary N) is 2. The van der Waals surface area contributed by atoms with Gasteiger partial charge in [0.1, 0.15) is 17.7 Å². The van der Waals surface area contributed by atoms with E-state index in [9.17, 15) is 14.0 Å². The maximum absolute atomic E-state index is 14.7. The Kier molecular flexibility index (Phi) is 13.7. The van der Waals surface area contributed by atoms with Crippen LogP contribution < -0.4 is 16.8 Å². The number of amidine groups is 1. The molecule has 0 saturated carbocycles. The van der Waals surface area contributed by atoms with E-state index in [1.54, 1.807) is 34.5 Å². The summed E-state index contributed by atoms with van der Waals surface area (Å²) in [5.74, 6) is -1.63. The van der Waals surface area contributed by atoms with Gasteiger partial charge >= 0.3 is 0 Å². The molecule has 2 fully saturated rings. The van der Waals surface area contributed by atoms with Gasteiger partial charge in [0, 0.05) is 42.1 Å². The molecule has 3 amide bonds. The first-order chi connectivity index (χ1) is 21.2. The van der Waals surface area contributed by atoms with Crippen molar-refractivity contribution < 1.29 is 33.4 Å². The molecule has 0 radical (unpaired) electrons. The molecule has 3 aliphatic heterocycles. The third-order valence-corrected chi connectivity index (χ3v) is 10.0. The number of benzene rings is 1. The first kappa shape index (κ1) is 35.6. The lowest BCUT2D eigenvalue weighted by Crippen LogP contribution is -2.47. The molecule has 4 atom stereocenters. The molecule has 0 aromatic heterocycles. The third kappa shape index (κ3) is 9.07. The third-order valence-electron chi connectivity index (χ3n) is 7.89. The Hall–Kier alpha value is -2.91. The molecule has 1 aliphatic carbocycles. The summed E-state index contributed by atoms with van der Waals surface area (Å²) in [5, 5.41) is 19.8. The molecule has 4 aliphatic rings. The van der Waals surface area contributed by atoms with E-state index in [0.717, 1.165) is 36.7 Å². The van der Waals surface area contributed by atoms with E-state index in [1.807, 2.05) is 35.9 Å². The molecule has 7 N–H and O–H groups in total. The number of nitrogens with zero attached hydrogens (tertiary/aromatic N) is 1. The van der Waals surface area contributed by atoms with Crippen LogP contribution in [0.15, 0.2) is 47.1 Å². The van der Waals surface area contributed by atoms with Crippen LogP contribution in [-0.4, -0.2) is 96.1 Å². The fourth-order valence-electron chi connectivity index (χ4n) is 5.69. The van der Waals surface area contributed by atoms with Gasteiger partial charge in [0.25, 0.3) is 0 Å². The molecule has 5 rings (SSSR count). The number of carbonyl (C=O) groups excluding carboxylic acids is 3. The van der Waals surface area contributed by atoms with E-state index in [0.29, 0.717) is 26.2 Å². The number of thioether (sulfide) groups is 2. The summed E-state index contributed by atoms with van der Waals surface area (Å²) < 4.78 is 26.4. The number of ether oxygens (including phenoxy) is 2. The number of amides is 3. The molecule has 1 aromatic carbocycles. The molecule has 14 heteroatoms. The van der Waals surface area contributed by atoms with Gasteiger partial charge in [-0.05, 0) is 48.1 Å². The second kappa shape index (κ2) is 17.0. The highest BCUT2D eigenvalue weighted by Gasteiger charge is 2.52. The summed E-state index contributed by atoms with van der Waals surface area (Å²) in [4.78, 5) is 36.9. The largest absolute Gasteiger partial charge is 0.400 e. The molecule has 3 heterocycles. The van der Waals surface area contributed by atoms with Gasteiger partial charge in [0.2, 0.25) is 18.2 Å². The molecule has 11 nitrogen and oxygen atoms in total. The minimum atomic E-state index is -0.952. The van der Waals surface area contributed by atoms with Crippen LogP contribution >= 0.6 is 23.5 Å². The van der Waals surface area contributed by atoms with Gasteiger partial charge in [0.15, 0.2) is 5.79 Å². The minimum Gasteiger partial charge on any atom is -0.400 e. The smallest absolute Gasteiger partial charge is 0.243 e. The highest BCUT2D eigenvalue weighted by atomic mass is 32.2. The van der Waals surface area contributed by atoms with Crippen molar-refractivity contribution in [1.82, 2.24) is 10.2 Å². The van der Waals surface area contributed by atoms with Crippen LogP contribution in [0.2, 0.25) is 0 Å². The maximum Gasteiger partial charge on any atom is 0.243 e. The van der Waals surface area contributed by atoms with Gasteiger partial charge in [0.05, 0.1) is 26.2 Å². The highest BCUT2D eigenvalue weighted by molar-refractivity contribution is 8.03. The molecule has 4 unspecified atom stereocenters. The van der Waals surface area contributed by atoms with E-state index in [1.165, 1.54) is 0 Å². The number of hydrogen-bond donors (Lipinski definition) is 5. The van der Waals surface area contributed by atoms with Crippen molar-refractivity contribution in [1.29, 1.82) is 5.41 Å². The lowest BCUT2D eigenvalue weighted by Gasteiger charge is -2.25. The van der Waals surface area contributed by atoms with Crippen molar-refractivity contribution in [2.24, 2.45) is 11.5 Å². The normalized spacial score (nSPS) is 25.1. The predicted molar refractivity (Wildman–Crippen MR) is 171 cm³/mol. The number of halogens is 1. The summed E-state index contributed by atoms with van der Waals surface area (Å²) in [6.45, 7) is 1.47. The number of rotatable bonds is 8. The average Bonchev–Trinajstić information content (AvgIpc) is 3.79. The Morgan fingerprint density at radius 3 is 2.48 bits per heavy atom. The summed E-state index contributed by atoms with van der Waals surface area (Å²) in [6, 6.07) is 6.86. The Balaban J connectivity index is 0.000000997. The second-order valence-corrected chi connectivity index (χ2v) is 12.9. The molecule has 1 spiro atoms. The highest BCUT2D eigenvalue weighted by Crippen LogP contribution is 2.38. The quantitative estimate of drug-likeness (QED) is 0.160. The van der Waals surface area contributed by atoms with Crippen molar-refractivity contribution in [2.45, 2.75) is 60.4 Å². The molecule has 1 aromatic rings. The van der Waals surface area contributed by atoms with Gasteiger partial charge in [-0.3, -0.25) is 19.8 Å². The first-order valence-corrected chi connectivity index (χ1v) is 16.5. The van der Waals surface area contributed by atoms with E-state index >= 15 is 0 Å². The van der Waals surface area contributed by atoms with Crippen LogP contribution in [0.25, 0.3) is 0 Å². The van der Waals surface area contributed by atoms with E-state index < -0.39 is 11.8 Å². The summed E-state index contributed by atoms with van der Waals surface area (Å²) in [5.41, 5.74) is 12.3. The molecular formula is C30H42FN5O6S2. The van der Waals surface area contributed by atoms with E-state index in [2.05, 4.69) is 11.1 Å². The number of nitrogens with two attached hydrogens (primary N) is 2. The molecule has 2 saturated heterocycles. The maximum atomic E-state index is 14.7. The number of carbonyl (C=O) groups is 3. The number of hydrogen-bond acceptors (Lipinski definition) is 9. The Morgan fingerprint density at radius 1 is 1.25 bits per heavy atom. The molecule has 242 valence electrons. The van der Waals surface area contributed by atoms with Crippen LogP contribution in [0, 0.1) is 5.41 Å². The lowest BCUT2D eigenvalue weighted by atomic mass is 9.87.